The van der Waals surface area contributed by atoms with Crippen molar-refractivity contribution in [2.24, 2.45) is 0 Å². The number of nitrogens with one attached hydrogen (secondary N) is 2. The molecule has 156 valence electrons. The largest absolute Gasteiger partial charge is 0.504 e. The molecule has 0 fully saturated rings. The van der Waals surface area contributed by atoms with Crippen LogP contribution in [0.3, 0.4) is 0 Å². The molecule has 3 rings (SSSR count). The second-order valence-corrected chi connectivity index (χ2v) is 7.58. The number of aromatic hydroxyl groups is 3. The third-order valence-electron chi connectivity index (χ3n) is 3.84. The topological polar surface area (TPSA) is 171 Å². The summed E-state index contributed by atoms with van der Waals surface area (Å²) in [6.07, 6.45) is 2.62. The molecule has 0 saturated heterocycles. The van der Waals surface area contributed by atoms with Gasteiger partial charge in [0.15, 0.2) is 23.0 Å². The number of carbonyl (C=O) groups excluding carboxylic acids is 1. The lowest BCUT2D eigenvalue weighted by Gasteiger charge is -2.09. The summed E-state index contributed by atoms with van der Waals surface area (Å²) in [5.74, 6) is -2.52. The standard InChI is InChI=1S/C18H16N4O7S/c1-29-12-8-19-18(20-9-12)22-30(27,28)13-4-2-11(3-5-13)21-17(26)10-6-14(23)16(25)15(24)7-10/h2-9,23-25H,1H3,(H,21,26)(H,19,20,22). The lowest BCUT2D eigenvalue weighted by atomic mass is 10.1. The number of phenolic OH excluding ortho intramolecular Hbond substituents is 3. The van der Waals surface area contributed by atoms with Crippen LogP contribution in [-0.2, 0) is 10.0 Å². The number of nitrogens with zero attached hydrogens (tertiary/aromatic N) is 2. The summed E-state index contributed by atoms with van der Waals surface area (Å²) >= 11 is 0. The lowest BCUT2D eigenvalue weighted by molar-refractivity contribution is 0.102. The van der Waals surface area contributed by atoms with Gasteiger partial charge >= 0.3 is 0 Å². The van der Waals surface area contributed by atoms with E-state index in [4.69, 9.17) is 4.74 Å². The number of benzene rings is 2. The van der Waals surface area contributed by atoms with E-state index < -0.39 is 33.2 Å². The molecular weight excluding hydrogens is 416 g/mol. The van der Waals surface area contributed by atoms with Crippen molar-refractivity contribution >= 4 is 27.6 Å². The van der Waals surface area contributed by atoms with E-state index in [1.165, 1.54) is 43.8 Å². The number of phenols is 3. The fourth-order valence-electron chi connectivity index (χ4n) is 2.31. The van der Waals surface area contributed by atoms with E-state index in [1.807, 2.05) is 0 Å². The zero-order chi connectivity index (χ0) is 21.9. The van der Waals surface area contributed by atoms with Crippen LogP contribution in [-0.4, -0.2) is 46.7 Å². The molecule has 1 aromatic heterocycles. The number of aromatic nitrogens is 2. The van der Waals surface area contributed by atoms with Gasteiger partial charge in [-0.3, -0.25) is 4.79 Å². The van der Waals surface area contributed by atoms with Gasteiger partial charge in [0.25, 0.3) is 15.9 Å². The highest BCUT2D eigenvalue weighted by Gasteiger charge is 2.17. The van der Waals surface area contributed by atoms with E-state index in [0.29, 0.717) is 5.75 Å². The fraction of sp³-hybridized carbons (Fsp3) is 0.0556. The minimum absolute atomic E-state index is 0.0974. The summed E-state index contributed by atoms with van der Waals surface area (Å²) in [5.41, 5.74) is 0.143. The van der Waals surface area contributed by atoms with E-state index in [-0.39, 0.29) is 22.1 Å². The summed E-state index contributed by atoms with van der Waals surface area (Å²) in [5, 5.41) is 30.8. The Morgan fingerprint density at radius 2 is 1.57 bits per heavy atom. The molecule has 0 bridgehead atoms. The van der Waals surface area contributed by atoms with Gasteiger partial charge in [0.2, 0.25) is 5.95 Å². The smallest absolute Gasteiger partial charge is 0.264 e. The fourth-order valence-corrected chi connectivity index (χ4v) is 3.27. The van der Waals surface area contributed by atoms with E-state index in [1.54, 1.807) is 0 Å². The highest BCUT2D eigenvalue weighted by molar-refractivity contribution is 7.92. The first kappa shape index (κ1) is 20.7. The predicted octanol–water partition coefficient (Wildman–Crippen LogP) is 1.66. The molecule has 0 spiro atoms. The van der Waals surface area contributed by atoms with Crippen molar-refractivity contribution in [3.05, 3.63) is 54.4 Å². The van der Waals surface area contributed by atoms with Crippen LogP contribution in [0.5, 0.6) is 23.0 Å². The molecule has 0 radical (unpaired) electrons. The summed E-state index contributed by atoms with van der Waals surface area (Å²) < 4.78 is 32.0. The first-order chi connectivity index (χ1) is 14.2. The van der Waals surface area contributed by atoms with Crippen molar-refractivity contribution in [1.82, 2.24) is 9.97 Å². The van der Waals surface area contributed by atoms with Gasteiger partial charge in [0.05, 0.1) is 24.4 Å². The van der Waals surface area contributed by atoms with Crippen molar-refractivity contribution < 1.29 is 33.3 Å². The Labute approximate surface area is 170 Å². The van der Waals surface area contributed by atoms with Crippen LogP contribution in [0.2, 0.25) is 0 Å². The number of sulfonamides is 1. The van der Waals surface area contributed by atoms with E-state index >= 15 is 0 Å². The molecule has 0 atom stereocenters. The molecule has 1 amide bonds. The van der Waals surface area contributed by atoms with Crippen molar-refractivity contribution in [2.45, 2.75) is 4.90 Å². The Kier molecular flexibility index (Phi) is 5.60. The minimum Gasteiger partial charge on any atom is -0.504 e. The number of anilines is 2. The maximum Gasteiger partial charge on any atom is 0.264 e. The van der Waals surface area contributed by atoms with Crippen molar-refractivity contribution in [3.8, 4) is 23.0 Å². The number of carbonyl (C=O) groups is 1. The molecule has 5 N–H and O–H groups in total. The van der Waals surface area contributed by atoms with Gasteiger partial charge in [0, 0.05) is 11.3 Å². The summed E-state index contributed by atoms with van der Waals surface area (Å²) in [7, 11) is -2.54. The van der Waals surface area contributed by atoms with E-state index in [9.17, 15) is 28.5 Å². The zero-order valence-corrected chi connectivity index (χ0v) is 16.2. The molecule has 0 saturated carbocycles. The normalized spacial score (nSPS) is 11.0. The molecular formula is C18H16N4O7S. The summed E-state index contributed by atoms with van der Waals surface area (Å²) in [6, 6.07) is 7.16. The van der Waals surface area contributed by atoms with Crippen LogP contribution >= 0.6 is 0 Å². The SMILES string of the molecule is COc1cnc(NS(=O)(=O)c2ccc(NC(=O)c3cc(O)c(O)c(O)c3)cc2)nc1. The monoisotopic (exact) mass is 432 g/mol. The van der Waals surface area contributed by atoms with E-state index in [2.05, 4.69) is 20.0 Å². The maximum absolute atomic E-state index is 12.4. The van der Waals surface area contributed by atoms with Crippen LogP contribution in [0.4, 0.5) is 11.6 Å². The van der Waals surface area contributed by atoms with Gasteiger partial charge < -0.3 is 25.4 Å². The zero-order valence-electron chi connectivity index (χ0n) is 15.4. The van der Waals surface area contributed by atoms with Gasteiger partial charge in [-0.2, -0.15) is 0 Å². The average molecular weight is 432 g/mol. The Hall–Kier alpha value is -4.06. The third kappa shape index (κ3) is 4.50. The molecule has 0 unspecified atom stereocenters. The molecule has 12 heteroatoms. The van der Waals surface area contributed by atoms with Gasteiger partial charge in [-0.25, -0.2) is 23.1 Å². The van der Waals surface area contributed by atoms with Crippen molar-refractivity contribution in [1.29, 1.82) is 0 Å². The average Bonchev–Trinajstić information content (AvgIpc) is 2.72. The maximum atomic E-state index is 12.4. The number of rotatable bonds is 6. The van der Waals surface area contributed by atoms with Crippen LogP contribution in [0.15, 0.2) is 53.7 Å². The molecule has 0 aliphatic heterocycles. The Balaban J connectivity index is 1.72. The Bertz CT molecular complexity index is 1160. The summed E-state index contributed by atoms with van der Waals surface area (Å²) in [6.45, 7) is 0. The van der Waals surface area contributed by atoms with Crippen molar-refractivity contribution in [3.63, 3.8) is 0 Å². The molecule has 0 aliphatic carbocycles. The molecule has 3 aromatic rings. The van der Waals surface area contributed by atoms with E-state index in [0.717, 1.165) is 12.1 Å². The van der Waals surface area contributed by atoms with Gasteiger partial charge in [-0.15, -0.1) is 0 Å². The van der Waals surface area contributed by atoms with Crippen LogP contribution < -0.4 is 14.8 Å². The van der Waals surface area contributed by atoms with Crippen molar-refractivity contribution in [2.75, 3.05) is 17.1 Å². The summed E-state index contributed by atoms with van der Waals surface area (Å²) in [4.78, 5) is 19.8. The van der Waals surface area contributed by atoms with Crippen LogP contribution in [0, 0.1) is 0 Å². The first-order valence-electron chi connectivity index (χ1n) is 8.25. The minimum atomic E-state index is -3.97. The lowest BCUT2D eigenvalue weighted by Crippen LogP contribution is -2.15. The number of hydrogen-bond acceptors (Lipinski definition) is 9. The number of amides is 1. The number of hydrogen-bond donors (Lipinski definition) is 5. The Morgan fingerprint density at radius 3 is 2.10 bits per heavy atom. The molecule has 0 aliphatic rings. The van der Waals surface area contributed by atoms with Crippen LogP contribution in [0.25, 0.3) is 0 Å². The second-order valence-electron chi connectivity index (χ2n) is 5.89. The first-order valence-corrected chi connectivity index (χ1v) is 9.73. The van der Waals surface area contributed by atoms with Crippen LogP contribution in [0.1, 0.15) is 10.4 Å². The third-order valence-corrected chi connectivity index (χ3v) is 5.19. The quantitative estimate of drug-likeness (QED) is 0.363. The number of methoxy groups -OCH3 is 1. The molecule has 11 nitrogen and oxygen atoms in total. The highest BCUT2D eigenvalue weighted by atomic mass is 32.2. The van der Waals surface area contributed by atoms with Gasteiger partial charge in [-0.05, 0) is 36.4 Å². The number of ether oxygens (including phenoxy) is 1. The Morgan fingerprint density at radius 1 is 1.00 bits per heavy atom. The van der Waals surface area contributed by atoms with Gasteiger partial charge in [-0.1, -0.05) is 0 Å². The van der Waals surface area contributed by atoms with Gasteiger partial charge in [0.1, 0.15) is 0 Å². The predicted molar refractivity (Wildman–Crippen MR) is 105 cm³/mol. The molecule has 2 aromatic carbocycles. The second kappa shape index (κ2) is 8.13. The highest BCUT2D eigenvalue weighted by Crippen LogP contribution is 2.35. The molecule has 30 heavy (non-hydrogen) atoms. The molecule has 1 heterocycles.